The number of fused-ring (bicyclic) bond motifs is 1. The molecule has 0 saturated heterocycles. The lowest BCUT2D eigenvalue weighted by atomic mass is 10.0. The number of halogens is 1. The minimum absolute atomic E-state index is 0.0196. The first kappa shape index (κ1) is 21.8. The number of hydrogen-bond donors (Lipinski definition) is 3. The molecule has 2 aromatic heterocycles. The molecule has 0 amide bonds. The first-order chi connectivity index (χ1) is 17.0. The van der Waals surface area contributed by atoms with Gasteiger partial charge in [0, 0.05) is 35.9 Å². The lowest BCUT2D eigenvalue weighted by Gasteiger charge is -2.15. The zero-order chi connectivity index (χ0) is 24.0. The molecule has 1 aliphatic carbocycles. The molecular weight excluding hydrogens is 471 g/mol. The van der Waals surface area contributed by atoms with Gasteiger partial charge in [-0.25, -0.2) is 22.2 Å². The Morgan fingerprint density at radius 2 is 1.97 bits per heavy atom. The van der Waals surface area contributed by atoms with E-state index < -0.39 is 15.8 Å². The van der Waals surface area contributed by atoms with Crippen LogP contribution in [0.15, 0.2) is 65.7 Å². The Morgan fingerprint density at radius 3 is 2.83 bits per heavy atom. The summed E-state index contributed by atoms with van der Waals surface area (Å²) in [5.74, 6) is 0.817. The number of para-hydroxylation sites is 1. The summed E-state index contributed by atoms with van der Waals surface area (Å²) in [7, 11) is -3.62. The van der Waals surface area contributed by atoms with Crippen LogP contribution < -0.4 is 14.8 Å². The van der Waals surface area contributed by atoms with Crippen molar-refractivity contribution in [3.05, 3.63) is 77.9 Å². The predicted octanol–water partition coefficient (Wildman–Crippen LogP) is 3.99. The highest BCUT2D eigenvalue weighted by molar-refractivity contribution is 7.89. The van der Waals surface area contributed by atoms with E-state index in [2.05, 4.69) is 25.3 Å². The molecule has 35 heavy (non-hydrogen) atoms. The van der Waals surface area contributed by atoms with Crippen molar-refractivity contribution in [1.82, 2.24) is 24.7 Å². The van der Waals surface area contributed by atoms with Gasteiger partial charge in [-0.3, -0.25) is 5.10 Å². The summed E-state index contributed by atoms with van der Waals surface area (Å²) in [5.41, 5.74) is 2.21. The average Bonchev–Trinajstić information content (AvgIpc) is 3.64. The fraction of sp³-hybridized carbons (Fsp3) is 0.250. The van der Waals surface area contributed by atoms with Gasteiger partial charge in [0.15, 0.2) is 11.6 Å². The normalized spacial score (nSPS) is 20.6. The molecule has 3 N–H and O–H groups in total. The first-order valence-electron chi connectivity index (χ1n) is 11.4. The molecule has 3 heterocycles. The number of nitrogens with zero attached hydrogens (tertiary/aromatic N) is 3. The highest BCUT2D eigenvalue weighted by Gasteiger charge is 2.31. The van der Waals surface area contributed by atoms with Crippen molar-refractivity contribution in [2.24, 2.45) is 0 Å². The van der Waals surface area contributed by atoms with E-state index in [0.29, 0.717) is 11.7 Å². The molecule has 1 saturated carbocycles. The molecule has 2 aliphatic rings. The van der Waals surface area contributed by atoms with Gasteiger partial charge < -0.3 is 10.1 Å². The number of aromatic amines is 1. The quantitative estimate of drug-likeness (QED) is 0.374. The maximum Gasteiger partial charge on any atom is 0.241 e. The monoisotopic (exact) mass is 494 g/mol. The second kappa shape index (κ2) is 8.51. The number of aromatic nitrogens is 4. The van der Waals surface area contributed by atoms with E-state index >= 15 is 0 Å². The smallest absolute Gasteiger partial charge is 0.241 e. The van der Waals surface area contributed by atoms with E-state index in [0.717, 1.165) is 30.6 Å². The Balaban J connectivity index is 1.13. The van der Waals surface area contributed by atoms with Crippen LogP contribution in [0, 0.1) is 5.82 Å². The number of benzene rings is 2. The van der Waals surface area contributed by atoms with Crippen LogP contribution in [0.5, 0.6) is 5.88 Å². The van der Waals surface area contributed by atoms with Gasteiger partial charge in [-0.15, -0.1) is 0 Å². The van der Waals surface area contributed by atoms with Gasteiger partial charge in [-0.1, -0.05) is 18.2 Å². The van der Waals surface area contributed by atoms with Crippen LogP contribution >= 0.6 is 0 Å². The summed E-state index contributed by atoms with van der Waals surface area (Å²) in [6, 6.07) is 16.4. The van der Waals surface area contributed by atoms with Crippen molar-refractivity contribution in [3.63, 3.8) is 0 Å². The Bertz CT molecular complexity index is 1480. The molecule has 1 fully saturated rings. The summed E-state index contributed by atoms with van der Waals surface area (Å²) >= 11 is 0. The fourth-order valence-electron chi connectivity index (χ4n) is 4.75. The predicted molar refractivity (Wildman–Crippen MR) is 127 cm³/mol. The molecule has 0 spiro atoms. The van der Waals surface area contributed by atoms with Crippen molar-refractivity contribution in [2.75, 3.05) is 5.32 Å². The Kier molecular flexibility index (Phi) is 5.30. The Hall–Kier alpha value is -3.70. The molecule has 6 rings (SSSR count). The molecule has 1 aliphatic heterocycles. The maximum atomic E-state index is 14.9. The third-order valence-electron chi connectivity index (χ3n) is 6.51. The van der Waals surface area contributed by atoms with Gasteiger partial charge in [0.2, 0.25) is 15.9 Å². The van der Waals surface area contributed by atoms with Crippen LogP contribution in [-0.2, 0) is 16.6 Å². The molecule has 0 unspecified atom stereocenters. The SMILES string of the molecule is O=S1(=O)NCc2c1ccc(Nc1cc([C@H]3CC[C@@H](Oc4ccnn4-c4ccccc4)C3)[nH]n1)c2F. The molecule has 180 valence electrons. The lowest BCUT2D eigenvalue weighted by molar-refractivity contribution is 0.194. The van der Waals surface area contributed by atoms with Gasteiger partial charge >= 0.3 is 0 Å². The van der Waals surface area contributed by atoms with Crippen LogP contribution in [0.1, 0.15) is 36.4 Å². The molecule has 4 aromatic rings. The average molecular weight is 495 g/mol. The van der Waals surface area contributed by atoms with Crippen molar-refractivity contribution in [1.29, 1.82) is 0 Å². The number of H-pyrrole nitrogens is 1. The maximum absolute atomic E-state index is 14.9. The van der Waals surface area contributed by atoms with Crippen LogP contribution in [0.3, 0.4) is 0 Å². The van der Waals surface area contributed by atoms with Crippen molar-refractivity contribution in [3.8, 4) is 11.6 Å². The third kappa shape index (κ3) is 4.06. The van der Waals surface area contributed by atoms with Gasteiger partial charge in [-0.2, -0.15) is 10.2 Å². The summed E-state index contributed by atoms with van der Waals surface area (Å²) in [5, 5.41) is 14.7. The highest BCUT2D eigenvalue weighted by Crippen LogP contribution is 2.37. The Morgan fingerprint density at radius 1 is 1.11 bits per heavy atom. The second-order valence-corrected chi connectivity index (χ2v) is 10.5. The van der Waals surface area contributed by atoms with Gasteiger partial charge in [-0.05, 0) is 43.5 Å². The first-order valence-corrected chi connectivity index (χ1v) is 12.9. The minimum Gasteiger partial charge on any atom is -0.474 e. The molecule has 0 radical (unpaired) electrons. The number of ether oxygens (including phenoxy) is 1. The van der Waals surface area contributed by atoms with E-state index in [1.54, 1.807) is 10.9 Å². The molecule has 2 aromatic carbocycles. The zero-order valence-corrected chi connectivity index (χ0v) is 19.4. The molecule has 11 heteroatoms. The lowest BCUT2D eigenvalue weighted by Crippen LogP contribution is -2.14. The summed E-state index contributed by atoms with van der Waals surface area (Å²) in [4.78, 5) is -0.0196. The van der Waals surface area contributed by atoms with Gasteiger partial charge in [0.1, 0.15) is 6.10 Å². The minimum atomic E-state index is -3.62. The Labute approximate surface area is 201 Å². The molecule has 2 atom stereocenters. The zero-order valence-electron chi connectivity index (χ0n) is 18.6. The number of anilines is 2. The highest BCUT2D eigenvalue weighted by atomic mass is 32.2. The second-order valence-electron chi connectivity index (χ2n) is 8.73. The van der Waals surface area contributed by atoms with E-state index in [1.165, 1.54) is 12.1 Å². The van der Waals surface area contributed by atoms with Crippen LogP contribution in [0.4, 0.5) is 15.9 Å². The largest absolute Gasteiger partial charge is 0.474 e. The summed E-state index contributed by atoms with van der Waals surface area (Å²) in [6.45, 7) is -0.0581. The molecular formula is C24H23FN6O3S. The van der Waals surface area contributed by atoms with E-state index in [9.17, 15) is 12.8 Å². The number of rotatable bonds is 6. The fourth-order valence-corrected chi connectivity index (χ4v) is 5.98. The van der Waals surface area contributed by atoms with E-state index in [4.69, 9.17) is 4.74 Å². The van der Waals surface area contributed by atoms with E-state index in [-0.39, 0.29) is 34.7 Å². The summed E-state index contributed by atoms with van der Waals surface area (Å²) in [6.07, 6.45) is 4.42. The topological polar surface area (TPSA) is 114 Å². The summed E-state index contributed by atoms with van der Waals surface area (Å²) < 4.78 is 49.1. The molecule has 9 nitrogen and oxygen atoms in total. The van der Waals surface area contributed by atoms with Crippen LogP contribution in [-0.4, -0.2) is 34.5 Å². The van der Waals surface area contributed by atoms with E-state index in [1.807, 2.05) is 42.5 Å². The van der Waals surface area contributed by atoms with Gasteiger partial charge in [0.05, 0.1) is 22.5 Å². The van der Waals surface area contributed by atoms with Crippen molar-refractivity contribution >= 4 is 21.5 Å². The van der Waals surface area contributed by atoms with Gasteiger partial charge in [0.25, 0.3) is 0 Å². The molecule has 0 bridgehead atoms. The van der Waals surface area contributed by atoms with Crippen LogP contribution in [0.2, 0.25) is 0 Å². The number of hydrogen-bond acceptors (Lipinski definition) is 6. The van der Waals surface area contributed by atoms with Crippen molar-refractivity contribution in [2.45, 2.75) is 42.7 Å². The number of sulfonamides is 1. The number of nitrogens with one attached hydrogen (secondary N) is 3. The third-order valence-corrected chi connectivity index (χ3v) is 8.00. The van der Waals surface area contributed by atoms with Crippen LogP contribution in [0.25, 0.3) is 5.69 Å². The standard InChI is InChI=1S/C24H23FN6O3S/c25-24-18-14-27-35(32,33)21(18)9-8-19(24)28-22-13-20(29-30-22)15-6-7-17(12-15)34-23-10-11-26-31(23)16-4-2-1-3-5-16/h1-5,8-11,13,15,17,27H,6-7,12,14H2,(H2,28,29,30)/t15-,17+/m0/s1. The van der Waals surface area contributed by atoms with Crippen molar-refractivity contribution < 1.29 is 17.5 Å².